The summed E-state index contributed by atoms with van der Waals surface area (Å²) in [5.41, 5.74) is 3.77. The number of hydrogen-bond donors (Lipinski definition) is 2. The van der Waals surface area contributed by atoms with Gasteiger partial charge in [0, 0.05) is 6.07 Å². The van der Waals surface area contributed by atoms with E-state index in [0.29, 0.717) is 23.6 Å². The van der Waals surface area contributed by atoms with Crippen molar-refractivity contribution < 1.29 is 14.3 Å². The Bertz CT molecular complexity index is 951. The maximum atomic E-state index is 11.8. The van der Waals surface area contributed by atoms with E-state index in [9.17, 15) is 9.59 Å². The monoisotopic (exact) mass is 353 g/mol. The predicted molar refractivity (Wildman–Crippen MR) is 96.4 cm³/mol. The molecule has 8 heteroatoms. The number of aromatic nitrogens is 4. The number of anilines is 1. The van der Waals surface area contributed by atoms with E-state index in [1.807, 2.05) is 31.2 Å². The molecule has 0 unspecified atom stereocenters. The summed E-state index contributed by atoms with van der Waals surface area (Å²) in [5.74, 6) is -0.748. The molecule has 0 aliphatic rings. The number of H-pyrrole nitrogens is 1. The van der Waals surface area contributed by atoms with Crippen molar-refractivity contribution >= 4 is 28.7 Å². The summed E-state index contributed by atoms with van der Waals surface area (Å²) < 4.78 is 4.75. The fourth-order valence-corrected chi connectivity index (χ4v) is 2.54. The van der Waals surface area contributed by atoms with Crippen LogP contribution in [0, 0.1) is 0 Å². The second kappa shape index (κ2) is 7.73. The van der Waals surface area contributed by atoms with Crippen molar-refractivity contribution in [1.29, 1.82) is 0 Å². The van der Waals surface area contributed by atoms with Crippen LogP contribution in [0.5, 0.6) is 0 Å². The maximum absolute atomic E-state index is 11.8. The predicted octanol–water partition coefficient (Wildman–Crippen LogP) is 2.47. The lowest BCUT2D eigenvalue weighted by molar-refractivity contribution is -0.145. The molecule has 0 aliphatic carbocycles. The average Bonchev–Trinajstić information content (AvgIpc) is 3.08. The Labute approximate surface area is 150 Å². The van der Waals surface area contributed by atoms with Gasteiger partial charge in [0.2, 0.25) is 5.91 Å². The Morgan fingerprint density at radius 1 is 1.15 bits per heavy atom. The van der Waals surface area contributed by atoms with Crippen LogP contribution in [0.25, 0.3) is 22.4 Å². The number of nitrogens with zero attached hydrogens (tertiary/aromatic N) is 3. The fourth-order valence-electron chi connectivity index (χ4n) is 2.54. The number of carbonyl (C=O) groups is 2. The van der Waals surface area contributed by atoms with Crippen LogP contribution < -0.4 is 5.32 Å². The molecule has 2 heterocycles. The SMILES string of the molecule is CCOC(=O)CC(=O)Nc1cc(-c2nc3ccccc3nc2CC)[nH]n1. The number of esters is 1. The van der Waals surface area contributed by atoms with Crippen LogP contribution in [0.4, 0.5) is 5.82 Å². The second-order valence-corrected chi connectivity index (χ2v) is 5.56. The molecule has 1 aromatic carbocycles. The van der Waals surface area contributed by atoms with Gasteiger partial charge in [-0.25, -0.2) is 9.97 Å². The molecule has 0 radical (unpaired) electrons. The molecule has 0 fully saturated rings. The number of para-hydroxylation sites is 2. The second-order valence-electron chi connectivity index (χ2n) is 5.56. The number of aryl methyl sites for hydroxylation is 1. The molecule has 26 heavy (non-hydrogen) atoms. The molecule has 0 bridgehead atoms. The summed E-state index contributed by atoms with van der Waals surface area (Å²) >= 11 is 0. The lowest BCUT2D eigenvalue weighted by Gasteiger charge is -2.06. The third kappa shape index (κ3) is 3.85. The topological polar surface area (TPSA) is 110 Å². The van der Waals surface area contributed by atoms with Gasteiger partial charge >= 0.3 is 5.97 Å². The standard InChI is InChI=1S/C18H19N5O3/c1-3-11-18(20-13-8-6-5-7-12(13)19-11)14-9-15(23-22-14)21-16(24)10-17(25)26-4-2/h5-9H,3-4,10H2,1-2H3,(H2,21,22,23,24). The van der Waals surface area contributed by atoms with E-state index >= 15 is 0 Å². The van der Waals surface area contributed by atoms with Crippen molar-refractivity contribution in [2.75, 3.05) is 11.9 Å². The number of fused-ring (bicyclic) bond motifs is 1. The normalized spacial score (nSPS) is 10.7. The van der Waals surface area contributed by atoms with E-state index in [4.69, 9.17) is 4.74 Å². The van der Waals surface area contributed by atoms with Gasteiger partial charge in [-0.1, -0.05) is 19.1 Å². The van der Waals surface area contributed by atoms with E-state index in [2.05, 4.69) is 25.5 Å². The zero-order chi connectivity index (χ0) is 18.5. The van der Waals surface area contributed by atoms with Gasteiger partial charge < -0.3 is 10.1 Å². The van der Waals surface area contributed by atoms with Crippen LogP contribution in [0.15, 0.2) is 30.3 Å². The molecule has 2 N–H and O–H groups in total. The summed E-state index contributed by atoms with van der Waals surface area (Å²) in [6.45, 7) is 3.92. The molecule has 134 valence electrons. The largest absolute Gasteiger partial charge is 0.466 e. The Morgan fingerprint density at radius 2 is 1.88 bits per heavy atom. The summed E-state index contributed by atoms with van der Waals surface area (Å²) in [5, 5.41) is 9.49. The fraction of sp³-hybridized carbons (Fsp3) is 0.278. The highest BCUT2D eigenvalue weighted by atomic mass is 16.5. The van der Waals surface area contributed by atoms with Crippen molar-refractivity contribution in [3.8, 4) is 11.4 Å². The molecule has 0 atom stereocenters. The number of hydrogen-bond acceptors (Lipinski definition) is 6. The van der Waals surface area contributed by atoms with Gasteiger partial charge in [0.25, 0.3) is 0 Å². The van der Waals surface area contributed by atoms with Crippen LogP contribution in [-0.2, 0) is 20.7 Å². The number of benzene rings is 1. The molecule has 0 spiro atoms. The number of amides is 1. The Morgan fingerprint density at radius 3 is 2.58 bits per heavy atom. The molecule has 8 nitrogen and oxygen atoms in total. The van der Waals surface area contributed by atoms with E-state index in [1.165, 1.54) is 0 Å². The van der Waals surface area contributed by atoms with E-state index in [1.54, 1.807) is 13.0 Å². The number of ether oxygens (including phenoxy) is 1. The highest BCUT2D eigenvalue weighted by Gasteiger charge is 2.15. The lowest BCUT2D eigenvalue weighted by atomic mass is 10.1. The van der Waals surface area contributed by atoms with Crippen LogP contribution >= 0.6 is 0 Å². The molecular formula is C18H19N5O3. The van der Waals surface area contributed by atoms with Gasteiger partial charge in [0.05, 0.1) is 29.0 Å². The first-order chi connectivity index (χ1) is 12.6. The summed E-state index contributed by atoms with van der Waals surface area (Å²) in [6, 6.07) is 9.30. The molecule has 1 amide bonds. The van der Waals surface area contributed by atoms with Crippen LogP contribution in [0.2, 0.25) is 0 Å². The molecule has 0 saturated carbocycles. The van der Waals surface area contributed by atoms with E-state index in [0.717, 1.165) is 16.7 Å². The minimum atomic E-state index is -0.575. The van der Waals surface area contributed by atoms with Crippen LogP contribution in [-0.4, -0.2) is 38.6 Å². The van der Waals surface area contributed by atoms with Gasteiger partial charge in [-0.15, -0.1) is 0 Å². The van der Waals surface area contributed by atoms with Crippen molar-refractivity contribution in [3.05, 3.63) is 36.0 Å². The average molecular weight is 353 g/mol. The first-order valence-corrected chi connectivity index (χ1v) is 8.37. The highest BCUT2D eigenvalue weighted by molar-refractivity contribution is 6.01. The van der Waals surface area contributed by atoms with E-state index in [-0.39, 0.29) is 13.0 Å². The zero-order valence-electron chi connectivity index (χ0n) is 14.6. The molecule has 0 saturated heterocycles. The Hall–Kier alpha value is -3.29. The number of rotatable bonds is 6. The zero-order valence-corrected chi connectivity index (χ0v) is 14.6. The Balaban J connectivity index is 1.82. The van der Waals surface area contributed by atoms with E-state index < -0.39 is 11.9 Å². The smallest absolute Gasteiger partial charge is 0.315 e. The molecule has 3 aromatic rings. The van der Waals surface area contributed by atoms with Crippen molar-refractivity contribution in [2.24, 2.45) is 0 Å². The summed E-state index contributed by atoms with van der Waals surface area (Å²) in [6.07, 6.45) is 0.350. The molecule has 2 aromatic heterocycles. The molecule has 3 rings (SSSR count). The first kappa shape index (κ1) is 17.5. The van der Waals surface area contributed by atoms with Crippen molar-refractivity contribution in [1.82, 2.24) is 20.2 Å². The number of carbonyl (C=O) groups excluding carboxylic acids is 2. The number of aromatic amines is 1. The lowest BCUT2D eigenvalue weighted by Crippen LogP contribution is -2.18. The third-order valence-electron chi connectivity index (χ3n) is 3.69. The van der Waals surface area contributed by atoms with Crippen LogP contribution in [0.3, 0.4) is 0 Å². The highest BCUT2D eigenvalue weighted by Crippen LogP contribution is 2.24. The number of nitrogens with one attached hydrogen (secondary N) is 2. The quantitative estimate of drug-likeness (QED) is 0.520. The minimum absolute atomic E-state index is 0.235. The van der Waals surface area contributed by atoms with Gasteiger partial charge in [-0.2, -0.15) is 5.10 Å². The first-order valence-electron chi connectivity index (χ1n) is 8.37. The van der Waals surface area contributed by atoms with Gasteiger partial charge in [-0.05, 0) is 25.5 Å². The Kier molecular flexibility index (Phi) is 5.21. The third-order valence-corrected chi connectivity index (χ3v) is 3.69. The summed E-state index contributed by atoms with van der Waals surface area (Å²) in [4.78, 5) is 32.5. The minimum Gasteiger partial charge on any atom is -0.466 e. The van der Waals surface area contributed by atoms with Gasteiger partial charge in [0.1, 0.15) is 12.1 Å². The van der Waals surface area contributed by atoms with Crippen molar-refractivity contribution in [3.63, 3.8) is 0 Å². The van der Waals surface area contributed by atoms with Gasteiger partial charge in [-0.3, -0.25) is 14.7 Å². The maximum Gasteiger partial charge on any atom is 0.315 e. The van der Waals surface area contributed by atoms with Crippen LogP contribution in [0.1, 0.15) is 26.0 Å². The molecule has 0 aliphatic heterocycles. The van der Waals surface area contributed by atoms with Gasteiger partial charge in [0.15, 0.2) is 5.82 Å². The summed E-state index contributed by atoms with van der Waals surface area (Å²) in [7, 11) is 0. The molecular weight excluding hydrogens is 334 g/mol. The van der Waals surface area contributed by atoms with Crippen molar-refractivity contribution in [2.45, 2.75) is 26.7 Å².